The highest BCUT2D eigenvalue weighted by Crippen LogP contribution is 2.32. The number of anilines is 2. The minimum absolute atomic E-state index is 0.182. The van der Waals surface area contributed by atoms with Crippen molar-refractivity contribution in [2.75, 3.05) is 36.6 Å². The standard InChI is InChI=1S/C16H17N7O2/c17-8-13(16(18)19)22-21-12-7-11(15-9-20-10-25-15)1-2-14(12)23-3-5-24-6-4-23/h1-2,7,9-10,21H,3-6H2,(H3,18,19)/b22-13+. The number of nitrogens with one attached hydrogen (secondary N) is 2. The molecule has 0 aliphatic carbocycles. The van der Waals surface area contributed by atoms with Crippen molar-refractivity contribution in [1.29, 1.82) is 10.7 Å². The fourth-order valence-electron chi connectivity index (χ4n) is 2.48. The third-order valence-corrected chi connectivity index (χ3v) is 3.71. The zero-order chi connectivity index (χ0) is 17.6. The first-order valence-corrected chi connectivity index (χ1v) is 7.63. The van der Waals surface area contributed by atoms with Gasteiger partial charge in [-0.1, -0.05) is 0 Å². The number of nitriles is 1. The average molecular weight is 339 g/mol. The number of benzene rings is 1. The van der Waals surface area contributed by atoms with E-state index in [-0.39, 0.29) is 5.71 Å². The zero-order valence-corrected chi connectivity index (χ0v) is 13.4. The monoisotopic (exact) mass is 339 g/mol. The molecule has 1 aliphatic rings. The van der Waals surface area contributed by atoms with Crippen molar-refractivity contribution >= 4 is 22.9 Å². The lowest BCUT2D eigenvalue weighted by Gasteiger charge is -2.30. The van der Waals surface area contributed by atoms with E-state index in [1.807, 2.05) is 18.2 Å². The fourth-order valence-corrected chi connectivity index (χ4v) is 2.48. The number of oxazole rings is 1. The highest BCUT2D eigenvalue weighted by Gasteiger charge is 2.16. The van der Waals surface area contributed by atoms with Crippen molar-refractivity contribution in [2.24, 2.45) is 10.8 Å². The molecule has 9 nitrogen and oxygen atoms in total. The lowest BCUT2D eigenvalue weighted by Crippen LogP contribution is -2.36. The summed E-state index contributed by atoms with van der Waals surface area (Å²) >= 11 is 0. The predicted molar refractivity (Wildman–Crippen MR) is 93.6 cm³/mol. The second-order valence-corrected chi connectivity index (χ2v) is 5.29. The van der Waals surface area contributed by atoms with Crippen LogP contribution in [0.2, 0.25) is 0 Å². The number of rotatable bonds is 5. The summed E-state index contributed by atoms with van der Waals surface area (Å²) in [6.07, 6.45) is 2.98. The van der Waals surface area contributed by atoms with Crippen LogP contribution in [-0.2, 0) is 4.74 Å². The highest BCUT2D eigenvalue weighted by molar-refractivity contribution is 6.45. The Balaban J connectivity index is 1.97. The molecule has 1 saturated heterocycles. The maximum absolute atomic E-state index is 9.01. The first kappa shape index (κ1) is 16.5. The van der Waals surface area contributed by atoms with Crippen LogP contribution in [0, 0.1) is 16.7 Å². The largest absolute Gasteiger partial charge is 0.444 e. The van der Waals surface area contributed by atoms with Crippen LogP contribution in [0.25, 0.3) is 11.3 Å². The van der Waals surface area contributed by atoms with Crippen molar-refractivity contribution in [2.45, 2.75) is 0 Å². The van der Waals surface area contributed by atoms with Gasteiger partial charge < -0.3 is 19.8 Å². The summed E-state index contributed by atoms with van der Waals surface area (Å²) < 4.78 is 10.7. The fraction of sp³-hybridized carbons (Fsp3) is 0.250. The van der Waals surface area contributed by atoms with E-state index in [1.54, 1.807) is 12.3 Å². The Morgan fingerprint density at radius 3 is 2.84 bits per heavy atom. The van der Waals surface area contributed by atoms with Gasteiger partial charge in [0.05, 0.1) is 30.8 Å². The Labute approximate surface area is 144 Å². The van der Waals surface area contributed by atoms with Crippen LogP contribution in [0.5, 0.6) is 0 Å². The highest BCUT2D eigenvalue weighted by atomic mass is 16.5. The van der Waals surface area contributed by atoms with Gasteiger partial charge in [-0.25, -0.2) is 4.98 Å². The van der Waals surface area contributed by atoms with E-state index in [0.29, 0.717) is 24.7 Å². The quantitative estimate of drug-likeness (QED) is 0.425. The Kier molecular flexibility index (Phi) is 4.92. The smallest absolute Gasteiger partial charge is 0.201 e. The van der Waals surface area contributed by atoms with Gasteiger partial charge in [-0.05, 0) is 18.2 Å². The summed E-state index contributed by atoms with van der Waals surface area (Å²) in [6.45, 7) is 2.78. The number of ether oxygens (including phenoxy) is 1. The van der Waals surface area contributed by atoms with Gasteiger partial charge >= 0.3 is 0 Å². The maximum atomic E-state index is 9.01. The molecule has 1 fully saturated rings. The number of nitrogens with zero attached hydrogens (tertiary/aromatic N) is 4. The average Bonchev–Trinajstić information content (AvgIpc) is 3.17. The molecule has 0 amide bonds. The van der Waals surface area contributed by atoms with Crippen molar-refractivity contribution in [3.8, 4) is 17.4 Å². The molecule has 0 unspecified atom stereocenters. The van der Waals surface area contributed by atoms with E-state index in [4.69, 9.17) is 25.6 Å². The Morgan fingerprint density at radius 1 is 1.40 bits per heavy atom. The van der Waals surface area contributed by atoms with Crippen LogP contribution in [-0.4, -0.2) is 42.8 Å². The number of hydrogen-bond acceptors (Lipinski definition) is 8. The summed E-state index contributed by atoms with van der Waals surface area (Å²) in [7, 11) is 0. The molecule has 128 valence electrons. The Hall–Kier alpha value is -3.38. The van der Waals surface area contributed by atoms with E-state index in [2.05, 4.69) is 20.4 Å². The number of nitrogens with two attached hydrogens (primary N) is 1. The molecule has 0 atom stereocenters. The molecule has 1 aromatic carbocycles. The molecule has 0 spiro atoms. The van der Waals surface area contributed by atoms with Crippen LogP contribution in [0.15, 0.2) is 40.3 Å². The molecule has 1 aliphatic heterocycles. The van der Waals surface area contributed by atoms with E-state index >= 15 is 0 Å². The van der Waals surface area contributed by atoms with E-state index in [1.165, 1.54) is 6.39 Å². The Morgan fingerprint density at radius 2 is 2.20 bits per heavy atom. The summed E-state index contributed by atoms with van der Waals surface area (Å²) in [5.41, 5.74) is 10.4. The predicted octanol–water partition coefficient (Wildman–Crippen LogP) is 1.41. The molecular weight excluding hydrogens is 322 g/mol. The van der Waals surface area contributed by atoms with Crippen molar-refractivity contribution < 1.29 is 9.15 Å². The molecular formula is C16H17N7O2. The maximum Gasteiger partial charge on any atom is 0.201 e. The third-order valence-electron chi connectivity index (χ3n) is 3.71. The second kappa shape index (κ2) is 7.46. The van der Waals surface area contributed by atoms with Gasteiger partial charge in [-0.15, -0.1) is 0 Å². The molecule has 0 saturated carbocycles. The summed E-state index contributed by atoms with van der Waals surface area (Å²) in [4.78, 5) is 6.08. The van der Waals surface area contributed by atoms with Crippen molar-refractivity contribution in [1.82, 2.24) is 4.98 Å². The van der Waals surface area contributed by atoms with E-state index in [9.17, 15) is 0 Å². The van der Waals surface area contributed by atoms with Crippen LogP contribution < -0.4 is 16.1 Å². The molecule has 1 aromatic heterocycles. The molecule has 9 heteroatoms. The van der Waals surface area contributed by atoms with Gasteiger partial charge in [0.2, 0.25) is 5.71 Å². The zero-order valence-electron chi connectivity index (χ0n) is 13.4. The molecule has 2 aromatic rings. The Bertz CT molecular complexity index is 818. The topological polar surface area (TPSA) is 137 Å². The second-order valence-electron chi connectivity index (χ2n) is 5.29. The molecule has 4 N–H and O–H groups in total. The van der Waals surface area contributed by atoms with Gasteiger partial charge in [-0.3, -0.25) is 10.8 Å². The summed E-state index contributed by atoms with van der Waals surface area (Å²) in [5.74, 6) is 0.224. The van der Waals surface area contributed by atoms with Gasteiger partial charge in [-0.2, -0.15) is 10.4 Å². The van der Waals surface area contributed by atoms with Gasteiger partial charge in [0.15, 0.2) is 18.0 Å². The van der Waals surface area contributed by atoms with Gasteiger partial charge in [0, 0.05) is 18.7 Å². The number of aromatic nitrogens is 1. The summed E-state index contributed by atoms with van der Waals surface area (Å²) in [6, 6.07) is 7.51. The molecule has 25 heavy (non-hydrogen) atoms. The molecule has 3 rings (SSSR count). The molecule has 0 bridgehead atoms. The lowest BCUT2D eigenvalue weighted by atomic mass is 10.1. The van der Waals surface area contributed by atoms with Gasteiger partial charge in [0.25, 0.3) is 0 Å². The number of hydrogen-bond donors (Lipinski definition) is 3. The van der Waals surface area contributed by atoms with Gasteiger partial charge in [0.1, 0.15) is 6.07 Å². The number of amidine groups is 1. The van der Waals surface area contributed by atoms with Crippen LogP contribution >= 0.6 is 0 Å². The third kappa shape index (κ3) is 3.76. The minimum atomic E-state index is -0.394. The lowest BCUT2D eigenvalue weighted by molar-refractivity contribution is 0.123. The van der Waals surface area contributed by atoms with Crippen LogP contribution in [0.4, 0.5) is 11.4 Å². The van der Waals surface area contributed by atoms with Crippen molar-refractivity contribution in [3.63, 3.8) is 0 Å². The molecule has 0 radical (unpaired) electrons. The number of hydrazone groups is 1. The van der Waals surface area contributed by atoms with Crippen LogP contribution in [0.1, 0.15) is 0 Å². The first-order chi connectivity index (χ1) is 12.2. The summed E-state index contributed by atoms with van der Waals surface area (Å²) in [5, 5.41) is 20.3. The van der Waals surface area contributed by atoms with E-state index in [0.717, 1.165) is 24.3 Å². The van der Waals surface area contributed by atoms with E-state index < -0.39 is 5.84 Å². The van der Waals surface area contributed by atoms with Crippen molar-refractivity contribution in [3.05, 3.63) is 30.8 Å². The molecule has 2 heterocycles. The number of morpholine rings is 1. The van der Waals surface area contributed by atoms with Crippen LogP contribution in [0.3, 0.4) is 0 Å². The normalized spacial score (nSPS) is 14.8. The first-order valence-electron chi connectivity index (χ1n) is 7.63. The minimum Gasteiger partial charge on any atom is -0.444 e. The SMILES string of the molecule is N#C/C(=N\Nc1cc(-c2cnco2)ccc1N1CCOCC1)C(=N)N.